The first kappa shape index (κ1) is 14.3. The van der Waals surface area contributed by atoms with E-state index in [1.54, 1.807) is 0 Å². The quantitative estimate of drug-likeness (QED) is 0.872. The molecule has 0 saturated heterocycles. The van der Waals surface area contributed by atoms with Crippen molar-refractivity contribution in [1.82, 2.24) is 9.78 Å². The summed E-state index contributed by atoms with van der Waals surface area (Å²) >= 11 is 0. The first-order valence-electron chi connectivity index (χ1n) is 5.08. The van der Waals surface area contributed by atoms with Gasteiger partial charge in [-0.1, -0.05) is 0 Å². The number of aromatic hydroxyl groups is 1. The summed E-state index contributed by atoms with van der Waals surface area (Å²) in [4.78, 5) is -0.205. The van der Waals surface area contributed by atoms with Crippen molar-refractivity contribution >= 4 is 10.0 Å². The van der Waals surface area contributed by atoms with E-state index in [0.29, 0.717) is 10.7 Å². The van der Waals surface area contributed by atoms with Crippen LogP contribution in [0.2, 0.25) is 0 Å². The lowest BCUT2D eigenvalue weighted by atomic mass is 10.3. The number of hydrogen-bond acceptors (Lipinski definition) is 4. The molecule has 1 aromatic carbocycles. The monoisotopic (exact) mass is 307 g/mol. The number of halogens is 3. The smallest absolute Gasteiger partial charge is 0.435 e. The van der Waals surface area contributed by atoms with Crippen molar-refractivity contribution in [2.45, 2.75) is 11.1 Å². The molecule has 3 N–H and O–H groups in total. The Morgan fingerprint density at radius 2 is 1.75 bits per heavy atom. The van der Waals surface area contributed by atoms with Gasteiger partial charge in [-0.05, 0) is 24.3 Å². The topological polar surface area (TPSA) is 98.2 Å². The maximum atomic E-state index is 12.4. The number of hydrogen-bond donors (Lipinski definition) is 2. The van der Waals surface area contributed by atoms with Crippen molar-refractivity contribution in [3.05, 3.63) is 36.0 Å². The lowest BCUT2D eigenvalue weighted by Gasteiger charge is -2.04. The van der Waals surface area contributed by atoms with Gasteiger partial charge in [0, 0.05) is 6.07 Å². The van der Waals surface area contributed by atoms with Gasteiger partial charge in [-0.3, -0.25) is 0 Å². The zero-order valence-corrected chi connectivity index (χ0v) is 10.5. The molecule has 0 atom stereocenters. The molecule has 2 rings (SSSR count). The van der Waals surface area contributed by atoms with Crippen molar-refractivity contribution < 1.29 is 26.7 Å². The van der Waals surface area contributed by atoms with Crippen LogP contribution in [0.1, 0.15) is 5.69 Å². The van der Waals surface area contributed by atoms with Crippen molar-refractivity contribution in [2.75, 3.05) is 0 Å². The highest BCUT2D eigenvalue weighted by atomic mass is 32.2. The predicted molar refractivity (Wildman–Crippen MR) is 61.6 cm³/mol. The highest BCUT2D eigenvalue weighted by molar-refractivity contribution is 7.89. The SMILES string of the molecule is NS(=O)(=O)c1ccc(-n2nc(C(F)(F)F)cc2O)cc1. The number of benzene rings is 1. The molecular formula is C10H8F3N3O3S. The summed E-state index contributed by atoms with van der Waals surface area (Å²) in [7, 11) is -3.90. The van der Waals surface area contributed by atoms with Crippen LogP contribution in [0.15, 0.2) is 35.2 Å². The Labute approximate surface area is 111 Å². The summed E-state index contributed by atoms with van der Waals surface area (Å²) in [6.45, 7) is 0. The van der Waals surface area contributed by atoms with E-state index in [9.17, 15) is 26.7 Å². The molecule has 1 aromatic heterocycles. The molecule has 0 spiro atoms. The number of sulfonamides is 1. The second-order valence-electron chi connectivity index (χ2n) is 3.84. The fraction of sp³-hybridized carbons (Fsp3) is 0.100. The van der Waals surface area contributed by atoms with E-state index in [1.165, 1.54) is 12.1 Å². The van der Waals surface area contributed by atoms with Crippen LogP contribution >= 0.6 is 0 Å². The molecule has 1 heterocycles. The molecule has 0 aliphatic heterocycles. The molecule has 0 aliphatic carbocycles. The second kappa shape index (κ2) is 4.49. The molecule has 0 unspecified atom stereocenters. The van der Waals surface area contributed by atoms with Crippen molar-refractivity contribution in [2.24, 2.45) is 5.14 Å². The van der Waals surface area contributed by atoms with Gasteiger partial charge in [-0.2, -0.15) is 18.3 Å². The van der Waals surface area contributed by atoms with Crippen LogP contribution in [0.25, 0.3) is 5.69 Å². The zero-order chi connectivity index (χ0) is 15.1. The average molecular weight is 307 g/mol. The van der Waals surface area contributed by atoms with Crippen LogP contribution in [0.4, 0.5) is 13.2 Å². The summed E-state index contributed by atoms with van der Waals surface area (Å²) < 4.78 is 60.0. The third-order valence-electron chi connectivity index (χ3n) is 2.39. The summed E-state index contributed by atoms with van der Waals surface area (Å²) in [5.41, 5.74) is -1.20. The number of primary sulfonamides is 1. The Morgan fingerprint density at radius 3 is 2.15 bits per heavy atom. The molecule has 6 nitrogen and oxygen atoms in total. The van der Waals surface area contributed by atoms with Gasteiger partial charge in [-0.25, -0.2) is 18.2 Å². The first-order valence-corrected chi connectivity index (χ1v) is 6.63. The summed E-state index contributed by atoms with van der Waals surface area (Å²) in [5.74, 6) is -0.722. The Morgan fingerprint density at radius 1 is 1.20 bits per heavy atom. The second-order valence-corrected chi connectivity index (χ2v) is 5.40. The number of rotatable bonds is 2. The number of aromatic nitrogens is 2. The minimum absolute atomic E-state index is 0.0606. The van der Waals surface area contributed by atoms with Gasteiger partial charge in [0.15, 0.2) is 5.69 Å². The molecule has 0 amide bonds. The molecule has 10 heteroatoms. The molecule has 0 radical (unpaired) electrons. The van der Waals surface area contributed by atoms with E-state index >= 15 is 0 Å². The standard InChI is InChI=1S/C10H8F3N3O3S/c11-10(12,13)8-5-9(17)16(15-8)6-1-3-7(4-2-6)20(14,18)19/h1-5,17H,(H2,14,18,19). The van der Waals surface area contributed by atoms with Crippen LogP contribution < -0.4 is 5.14 Å². The summed E-state index contributed by atoms with van der Waals surface area (Å²) in [6.07, 6.45) is -4.69. The highest BCUT2D eigenvalue weighted by Crippen LogP contribution is 2.31. The Hall–Kier alpha value is -2.07. The van der Waals surface area contributed by atoms with Crippen LogP contribution in [-0.2, 0) is 16.2 Å². The molecular weight excluding hydrogens is 299 g/mol. The Kier molecular flexibility index (Phi) is 3.22. The average Bonchev–Trinajstić information content (AvgIpc) is 2.70. The van der Waals surface area contributed by atoms with Gasteiger partial charge in [0.05, 0.1) is 10.6 Å². The van der Waals surface area contributed by atoms with Crippen LogP contribution in [0, 0.1) is 0 Å². The van der Waals surface area contributed by atoms with Crippen molar-refractivity contribution in [3.8, 4) is 11.6 Å². The van der Waals surface area contributed by atoms with E-state index < -0.39 is 27.8 Å². The Balaban J connectivity index is 2.45. The predicted octanol–water partition coefficient (Wildman–Crippen LogP) is 1.24. The zero-order valence-electron chi connectivity index (χ0n) is 9.66. The number of alkyl halides is 3. The summed E-state index contributed by atoms with van der Waals surface area (Å²) in [6, 6.07) is 5.00. The van der Waals surface area contributed by atoms with E-state index in [2.05, 4.69) is 5.10 Å². The third-order valence-corrected chi connectivity index (χ3v) is 3.32. The largest absolute Gasteiger partial charge is 0.493 e. The molecule has 0 bridgehead atoms. The van der Waals surface area contributed by atoms with E-state index in [-0.39, 0.29) is 10.6 Å². The summed E-state index contributed by atoms with van der Waals surface area (Å²) in [5, 5.41) is 17.5. The minimum atomic E-state index is -4.69. The highest BCUT2D eigenvalue weighted by Gasteiger charge is 2.35. The molecule has 0 saturated carbocycles. The van der Waals surface area contributed by atoms with E-state index in [1.807, 2.05) is 0 Å². The van der Waals surface area contributed by atoms with Gasteiger partial charge < -0.3 is 5.11 Å². The molecule has 108 valence electrons. The maximum Gasteiger partial charge on any atom is 0.435 e. The maximum absolute atomic E-state index is 12.4. The normalized spacial score (nSPS) is 12.6. The first-order chi connectivity index (χ1) is 9.09. The van der Waals surface area contributed by atoms with Crippen molar-refractivity contribution in [1.29, 1.82) is 0 Å². The van der Waals surface area contributed by atoms with Gasteiger partial charge >= 0.3 is 6.18 Å². The van der Waals surface area contributed by atoms with E-state index in [0.717, 1.165) is 12.1 Å². The van der Waals surface area contributed by atoms with Crippen LogP contribution in [-0.4, -0.2) is 23.3 Å². The van der Waals surface area contributed by atoms with Crippen molar-refractivity contribution in [3.63, 3.8) is 0 Å². The van der Waals surface area contributed by atoms with Gasteiger partial charge in [0.1, 0.15) is 0 Å². The van der Waals surface area contributed by atoms with Gasteiger partial charge in [0.25, 0.3) is 0 Å². The lowest BCUT2D eigenvalue weighted by molar-refractivity contribution is -0.141. The molecule has 0 aliphatic rings. The fourth-order valence-corrected chi connectivity index (χ4v) is 1.99. The fourth-order valence-electron chi connectivity index (χ4n) is 1.48. The van der Waals surface area contributed by atoms with Crippen LogP contribution in [0.5, 0.6) is 5.88 Å². The minimum Gasteiger partial charge on any atom is -0.493 e. The lowest BCUT2D eigenvalue weighted by Crippen LogP contribution is -2.12. The van der Waals surface area contributed by atoms with Gasteiger partial charge in [-0.15, -0.1) is 0 Å². The Bertz CT molecular complexity index is 735. The van der Waals surface area contributed by atoms with Gasteiger partial charge in [0.2, 0.25) is 15.9 Å². The number of nitrogens with zero attached hydrogens (tertiary/aromatic N) is 2. The molecule has 2 aromatic rings. The molecule has 0 fully saturated rings. The van der Waals surface area contributed by atoms with Crippen LogP contribution in [0.3, 0.4) is 0 Å². The third kappa shape index (κ3) is 2.75. The number of nitrogens with two attached hydrogens (primary N) is 1. The van der Waals surface area contributed by atoms with E-state index in [4.69, 9.17) is 5.14 Å². The molecule has 20 heavy (non-hydrogen) atoms.